The molecule has 0 spiro atoms. The second-order valence-electron chi connectivity index (χ2n) is 10.4. The number of hydrogen-bond donors (Lipinski definition) is 1. The number of carbonyl (C=O) groups excluding carboxylic acids is 2. The molecule has 1 N–H and O–H groups in total. The van der Waals surface area contributed by atoms with Crippen LogP contribution < -0.4 is 5.32 Å². The van der Waals surface area contributed by atoms with Gasteiger partial charge < -0.3 is 10.2 Å². The van der Waals surface area contributed by atoms with Crippen LogP contribution in [0.2, 0.25) is 0 Å². The summed E-state index contributed by atoms with van der Waals surface area (Å²) >= 11 is 0. The molecule has 2 fully saturated rings. The SMILES string of the molecule is Cc1ccc(C(=O)N2CCC(c3ccc(-c4cnn(C)c4)cc3)CC2)cc1NC(=O)C1CCCCC1. The molecule has 3 aromatic rings. The molecule has 2 amide bonds. The van der Waals surface area contributed by atoms with E-state index in [4.69, 9.17) is 0 Å². The van der Waals surface area contributed by atoms with Crippen LogP contribution in [0, 0.1) is 12.8 Å². The van der Waals surface area contributed by atoms with Crippen LogP contribution in [0.5, 0.6) is 0 Å². The van der Waals surface area contributed by atoms with Crippen LogP contribution in [0.4, 0.5) is 5.69 Å². The summed E-state index contributed by atoms with van der Waals surface area (Å²) in [6, 6.07) is 14.5. The van der Waals surface area contributed by atoms with Gasteiger partial charge in [-0.25, -0.2) is 0 Å². The molecule has 1 aliphatic heterocycles. The molecule has 2 aromatic carbocycles. The topological polar surface area (TPSA) is 67.2 Å². The molecule has 1 aliphatic carbocycles. The lowest BCUT2D eigenvalue weighted by atomic mass is 9.88. The molecule has 5 rings (SSSR count). The zero-order valence-corrected chi connectivity index (χ0v) is 21.4. The van der Waals surface area contributed by atoms with Crippen LogP contribution in [-0.2, 0) is 11.8 Å². The summed E-state index contributed by atoms with van der Waals surface area (Å²) in [6.45, 7) is 3.47. The van der Waals surface area contributed by atoms with Crippen LogP contribution in [-0.4, -0.2) is 39.6 Å². The first-order valence-electron chi connectivity index (χ1n) is 13.3. The van der Waals surface area contributed by atoms with Crippen molar-refractivity contribution in [2.75, 3.05) is 18.4 Å². The number of amides is 2. The number of carbonyl (C=O) groups is 2. The van der Waals surface area contributed by atoms with E-state index in [-0.39, 0.29) is 17.7 Å². The Kier molecular flexibility index (Phi) is 7.21. The molecule has 6 nitrogen and oxygen atoms in total. The highest BCUT2D eigenvalue weighted by molar-refractivity contribution is 5.98. The Bertz CT molecular complexity index is 1220. The molecule has 1 saturated carbocycles. The highest BCUT2D eigenvalue weighted by Gasteiger charge is 2.26. The van der Waals surface area contributed by atoms with Crippen LogP contribution in [0.3, 0.4) is 0 Å². The van der Waals surface area contributed by atoms with Gasteiger partial charge in [-0.3, -0.25) is 14.3 Å². The van der Waals surface area contributed by atoms with Crippen molar-refractivity contribution < 1.29 is 9.59 Å². The minimum absolute atomic E-state index is 0.0496. The molecule has 6 heteroatoms. The van der Waals surface area contributed by atoms with Gasteiger partial charge >= 0.3 is 0 Å². The van der Waals surface area contributed by atoms with Crippen molar-refractivity contribution in [3.63, 3.8) is 0 Å². The molecule has 0 bridgehead atoms. The lowest BCUT2D eigenvalue weighted by molar-refractivity contribution is -0.120. The van der Waals surface area contributed by atoms with Gasteiger partial charge in [0.05, 0.1) is 6.20 Å². The molecular formula is C30H36N4O2. The van der Waals surface area contributed by atoms with E-state index in [1.54, 1.807) is 0 Å². The lowest BCUT2D eigenvalue weighted by Gasteiger charge is -2.32. The summed E-state index contributed by atoms with van der Waals surface area (Å²) < 4.78 is 1.82. The third-order valence-corrected chi connectivity index (χ3v) is 7.92. The van der Waals surface area contributed by atoms with Crippen molar-refractivity contribution in [1.82, 2.24) is 14.7 Å². The van der Waals surface area contributed by atoms with Crippen LogP contribution >= 0.6 is 0 Å². The maximum Gasteiger partial charge on any atom is 0.253 e. The highest BCUT2D eigenvalue weighted by atomic mass is 16.2. The van der Waals surface area contributed by atoms with Crippen molar-refractivity contribution in [2.45, 2.75) is 57.8 Å². The van der Waals surface area contributed by atoms with Gasteiger partial charge in [0.25, 0.3) is 5.91 Å². The first-order chi connectivity index (χ1) is 17.5. The number of likely N-dealkylation sites (tertiary alicyclic amines) is 1. The maximum absolute atomic E-state index is 13.3. The second-order valence-corrected chi connectivity index (χ2v) is 10.4. The molecule has 2 aliphatic rings. The van der Waals surface area contributed by atoms with E-state index in [1.807, 2.05) is 54.1 Å². The standard InChI is InChI=1S/C30H36N4O2/c1-21-8-9-26(18-28(21)32-29(35)25-6-4-3-5-7-25)30(36)34-16-14-24(15-17-34)22-10-12-23(13-11-22)27-19-31-33(2)20-27/h8-13,18-20,24-25H,3-7,14-17H2,1-2H3,(H,32,35). The molecule has 1 aromatic heterocycles. The Morgan fingerprint density at radius 1 is 0.917 bits per heavy atom. The first kappa shape index (κ1) is 24.3. The quantitative estimate of drug-likeness (QED) is 0.488. The molecule has 2 heterocycles. The van der Waals surface area contributed by atoms with Gasteiger partial charge in [0, 0.05) is 49.1 Å². The predicted octanol–water partition coefficient (Wildman–Crippen LogP) is 5.93. The third kappa shape index (κ3) is 5.38. The summed E-state index contributed by atoms with van der Waals surface area (Å²) in [5.41, 5.74) is 6.03. The number of aryl methyl sites for hydroxylation is 2. The number of aromatic nitrogens is 2. The summed E-state index contributed by atoms with van der Waals surface area (Å²) in [6.07, 6.45) is 11.2. The van der Waals surface area contributed by atoms with Crippen molar-refractivity contribution in [3.8, 4) is 11.1 Å². The number of piperidine rings is 1. The van der Waals surface area contributed by atoms with Crippen molar-refractivity contribution in [3.05, 3.63) is 71.5 Å². The van der Waals surface area contributed by atoms with E-state index in [0.717, 1.165) is 68.4 Å². The Morgan fingerprint density at radius 3 is 2.31 bits per heavy atom. The Labute approximate surface area is 213 Å². The summed E-state index contributed by atoms with van der Waals surface area (Å²) in [4.78, 5) is 28.0. The number of anilines is 1. The minimum Gasteiger partial charge on any atom is -0.339 e. The van der Waals surface area contributed by atoms with Crippen molar-refractivity contribution >= 4 is 17.5 Å². The maximum atomic E-state index is 13.3. The van der Waals surface area contributed by atoms with Crippen LogP contribution in [0.25, 0.3) is 11.1 Å². The van der Waals surface area contributed by atoms with Crippen LogP contribution in [0.15, 0.2) is 54.9 Å². The van der Waals surface area contributed by atoms with Gasteiger partial charge in [-0.15, -0.1) is 0 Å². The normalized spacial score (nSPS) is 17.2. The summed E-state index contributed by atoms with van der Waals surface area (Å²) in [5.74, 6) is 0.696. The van der Waals surface area contributed by atoms with Gasteiger partial charge in [0.15, 0.2) is 0 Å². The van der Waals surface area contributed by atoms with Gasteiger partial charge in [0.1, 0.15) is 0 Å². The van der Waals surface area contributed by atoms with E-state index in [9.17, 15) is 9.59 Å². The van der Waals surface area contributed by atoms with Crippen LogP contribution in [0.1, 0.15) is 72.3 Å². The van der Waals surface area contributed by atoms with Crippen molar-refractivity contribution in [1.29, 1.82) is 0 Å². The molecular weight excluding hydrogens is 448 g/mol. The van der Waals surface area contributed by atoms with E-state index in [1.165, 1.54) is 17.5 Å². The zero-order chi connectivity index (χ0) is 25.1. The molecule has 36 heavy (non-hydrogen) atoms. The highest BCUT2D eigenvalue weighted by Crippen LogP contribution is 2.31. The van der Waals surface area contributed by atoms with Gasteiger partial charge in [-0.05, 0) is 67.3 Å². The predicted molar refractivity (Wildman–Crippen MR) is 143 cm³/mol. The monoisotopic (exact) mass is 484 g/mol. The fourth-order valence-electron chi connectivity index (χ4n) is 5.61. The summed E-state index contributed by atoms with van der Waals surface area (Å²) in [5, 5.41) is 7.37. The fraction of sp³-hybridized carbons (Fsp3) is 0.433. The number of nitrogens with one attached hydrogen (secondary N) is 1. The minimum atomic E-state index is 0.0496. The lowest BCUT2D eigenvalue weighted by Crippen LogP contribution is -2.38. The fourth-order valence-corrected chi connectivity index (χ4v) is 5.61. The Morgan fingerprint density at radius 2 is 1.64 bits per heavy atom. The molecule has 0 unspecified atom stereocenters. The largest absolute Gasteiger partial charge is 0.339 e. The number of nitrogens with zero attached hydrogens (tertiary/aromatic N) is 3. The number of hydrogen-bond acceptors (Lipinski definition) is 3. The van der Waals surface area contributed by atoms with Crippen molar-refractivity contribution in [2.24, 2.45) is 13.0 Å². The van der Waals surface area contributed by atoms with E-state index in [2.05, 4.69) is 34.7 Å². The Hall–Kier alpha value is -3.41. The number of rotatable bonds is 5. The molecule has 188 valence electrons. The van der Waals surface area contributed by atoms with Gasteiger partial charge in [-0.1, -0.05) is 49.6 Å². The van der Waals surface area contributed by atoms with E-state index < -0.39 is 0 Å². The van der Waals surface area contributed by atoms with Gasteiger partial charge in [-0.2, -0.15) is 5.10 Å². The number of benzene rings is 2. The van der Waals surface area contributed by atoms with Gasteiger partial charge in [0.2, 0.25) is 5.91 Å². The first-order valence-corrected chi connectivity index (χ1v) is 13.3. The van der Waals surface area contributed by atoms with E-state index in [0.29, 0.717) is 11.5 Å². The third-order valence-electron chi connectivity index (χ3n) is 7.92. The molecule has 0 atom stereocenters. The average molecular weight is 485 g/mol. The second kappa shape index (κ2) is 10.7. The Balaban J connectivity index is 1.19. The molecule has 1 saturated heterocycles. The zero-order valence-electron chi connectivity index (χ0n) is 21.4. The summed E-state index contributed by atoms with van der Waals surface area (Å²) in [7, 11) is 1.93. The van der Waals surface area contributed by atoms with E-state index >= 15 is 0 Å². The smallest absolute Gasteiger partial charge is 0.253 e. The molecule has 0 radical (unpaired) electrons. The average Bonchev–Trinajstić information content (AvgIpc) is 3.36.